The molecular formula is C8H5FOS2. The van der Waals surface area contributed by atoms with Crippen LogP contribution in [0.15, 0.2) is 33.4 Å². The molecule has 1 aromatic rings. The Morgan fingerprint density at radius 1 is 1.42 bits per heavy atom. The van der Waals surface area contributed by atoms with Crippen LogP contribution in [-0.4, -0.2) is 4.21 Å². The van der Waals surface area contributed by atoms with Crippen LogP contribution in [0.5, 0.6) is 0 Å². The van der Waals surface area contributed by atoms with Gasteiger partial charge in [0.2, 0.25) is 0 Å². The van der Waals surface area contributed by atoms with E-state index >= 15 is 0 Å². The fraction of sp³-hybridized carbons (Fsp3) is 0. The largest absolute Gasteiger partial charge is 0.250 e. The van der Waals surface area contributed by atoms with Gasteiger partial charge in [-0.1, -0.05) is 0 Å². The Morgan fingerprint density at radius 3 is 3.00 bits per heavy atom. The molecule has 4 heteroatoms. The number of fused-ring (bicyclic) bond motifs is 1. The lowest BCUT2D eigenvalue weighted by Gasteiger charge is -1.97. The Labute approximate surface area is 76.4 Å². The molecule has 0 spiro atoms. The van der Waals surface area contributed by atoms with Crippen molar-refractivity contribution < 1.29 is 8.09 Å². The van der Waals surface area contributed by atoms with E-state index in [4.69, 9.17) is 0 Å². The minimum absolute atomic E-state index is 0.203. The molecule has 1 aliphatic heterocycles. The average Bonchev–Trinajstić information content (AvgIpc) is 2.47. The zero-order valence-corrected chi connectivity index (χ0v) is 7.62. The first-order valence-electron chi connectivity index (χ1n) is 3.32. The first-order chi connectivity index (χ1) is 5.81. The minimum Gasteiger partial charge on any atom is -0.250 e. The van der Waals surface area contributed by atoms with Crippen LogP contribution in [0.2, 0.25) is 0 Å². The molecule has 0 saturated heterocycles. The van der Waals surface area contributed by atoms with E-state index in [2.05, 4.69) is 0 Å². The second-order valence-electron chi connectivity index (χ2n) is 2.38. The van der Waals surface area contributed by atoms with E-state index in [1.165, 1.54) is 0 Å². The van der Waals surface area contributed by atoms with Crippen molar-refractivity contribution >= 4 is 29.0 Å². The Morgan fingerprint density at radius 2 is 2.25 bits per heavy atom. The SMILES string of the molecule is O=S1C=Cc2cc(SF)ccc21. The molecule has 1 aromatic carbocycles. The van der Waals surface area contributed by atoms with E-state index in [9.17, 15) is 8.09 Å². The molecule has 1 nitrogen and oxygen atoms in total. The topological polar surface area (TPSA) is 17.1 Å². The third-order valence-electron chi connectivity index (χ3n) is 1.66. The quantitative estimate of drug-likeness (QED) is 0.693. The number of benzene rings is 1. The molecule has 0 radical (unpaired) electrons. The molecule has 1 aliphatic rings. The van der Waals surface area contributed by atoms with Gasteiger partial charge in [-0.3, -0.25) is 0 Å². The Bertz CT molecular complexity index is 373. The Hall–Kier alpha value is -0.610. The van der Waals surface area contributed by atoms with E-state index < -0.39 is 10.8 Å². The van der Waals surface area contributed by atoms with Gasteiger partial charge in [0.1, 0.15) is 0 Å². The molecule has 0 bridgehead atoms. The van der Waals surface area contributed by atoms with Crippen LogP contribution in [0.3, 0.4) is 0 Å². The van der Waals surface area contributed by atoms with Gasteiger partial charge in [-0.05, 0) is 29.8 Å². The average molecular weight is 200 g/mol. The third-order valence-corrected chi connectivity index (χ3v) is 3.28. The summed E-state index contributed by atoms with van der Waals surface area (Å²) in [5.74, 6) is 0. The van der Waals surface area contributed by atoms with Crippen molar-refractivity contribution in [1.82, 2.24) is 0 Å². The van der Waals surface area contributed by atoms with Gasteiger partial charge >= 0.3 is 0 Å². The van der Waals surface area contributed by atoms with Crippen LogP contribution >= 0.6 is 12.1 Å². The molecule has 0 aliphatic carbocycles. The standard InChI is InChI=1S/C8H5FOS2/c9-11-7-1-2-8-6(5-7)3-4-12(8)10/h1-5H. The van der Waals surface area contributed by atoms with Gasteiger partial charge in [0, 0.05) is 10.3 Å². The normalized spacial score (nSPS) is 19.6. The van der Waals surface area contributed by atoms with Crippen molar-refractivity contribution in [2.45, 2.75) is 9.79 Å². The summed E-state index contributed by atoms with van der Waals surface area (Å²) in [6.45, 7) is 0. The predicted octanol–water partition coefficient (Wildman–Crippen LogP) is 2.76. The number of rotatable bonds is 1. The maximum atomic E-state index is 12.1. The highest BCUT2D eigenvalue weighted by Crippen LogP contribution is 2.28. The summed E-state index contributed by atoms with van der Waals surface area (Å²) in [6, 6.07) is 5.03. The van der Waals surface area contributed by atoms with Gasteiger partial charge in [0.15, 0.2) is 0 Å². The van der Waals surface area contributed by atoms with Crippen molar-refractivity contribution in [2.75, 3.05) is 0 Å². The molecule has 0 fully saturated rings. The van der Waals surface area contributed by atoms with Gasteiger partial charge in [-0.25, -0.2) is 4.21 Å². The highest BCUT2D eigenvalue weighted by atomic mass is 32.2. The van der Waals surface area contributed by atoms with Gasteiger partial charge < -0.3 is 0 Å². The molecule has 0 amide bonds. The summed E-state index contributed by atoms with van der Waals surface area (Å²) in [6.07, 6.45) is 1.76. The zero-order valence-electron chi connectivity index (χ0n) is 5.99. The molecular weight excluding hydrogens is 195 g/mol. The maximum absolute atomic E-state index is 12.1. The lowest BCUT2D eigenvalue weighted by Crippen LogP contribution is -1.83. The van der Waals surface area contributed by atoms with Crippen LogP contribution < -0.4 is 0 Å². The van der Waals surface area contributed by atoms with Gasteiger partial charge in [-0.2, -0.15) is 3.89 Å². The summed E-state index contributed by atoms with van der Waals surface area (Å²) in [5.41, 5.74) is 0.857. The van der Waals surface area contributed by atoms with Gasteiger partial charge in [0.25, 0.3) is 0 Å². The van der Waals surface area contributed by atoms with Crippen LogP contribution in [0.4, 0.5) is 3.89 Å². The molecule has 0 N–H and O–H groups in total. The molecule has 0 aromatic heterocycles. The number of halogens is 1. The van der Waals surface area contributed by atoms with Crippen LogP contribution in [0, 0.1) is 0 Å². The first-order valence-corrected chi connectivity index (χ1v) is 5.25. The highest BCUT2D eigenvalue weighted by molar-refractivity contribution is 7.94. The summed E-state index contributed by atoms with van der Waals surface area (Å²) in [5, 5.41) is 1.61. The Kier molecular flexibility index (Phi) is 2.02. The summed E-state index contributed by atoms with van der Waals surface area (Å²) in [4.78, 5) is 1.32. The molecule has 1 heterocycles. The van der Waals surface area contributed by atoms with Crippen LogP contribution in [0.25, 0.3) is 6.08 Å². The molecule has 0 saturated carbocycles. The molecule has 1 unspecified atom stereocenters. The van der Waals surface area contributed by atoms with Crippen molar-refractivity contribution in [1.29, 1.82) is 0 Å². The number of hydrogen-bond acceptors (Lipinski definition) is 2. The van der Waals surface area contributed by atoms with Gasteiger partial charge in [0.05, 0.1) is 27.8 Å². The van der Waals surface area contributed by atoms with Crippen LogP contribution in [0.1, 0.15) is 5.56 Å². The summed E-state index contributed by atoms with van der Waals surface area (Å²) >= 11 is 0.203. The van der Waals surface area contributed by atoms with Crippen molar-refractivity contribution in [3.63, 3.8) is 0 Å². The monoisotopic (exact) mass is 200 g/mol. The minimum atomic E-state index is -1.02. The lowest BCUT2D eigenvalue weighted by atomic mass is 10.2. The predicted molar refractivity (Wildman–Crippen MR) is 48.8 cm³/mol. The lowest BCUT2D eigenvalue weighted by molar-refractivity contribution is 0.689. The second kappa shape index (κ2) is 3.03. The van der Waals surface area contributed by atoms with E-state index in [-0.39, 0.29) is 12.1 Å². The molecule has 2 rings (SSSR count). The third kappa shape index (κ3) is 1.21. The summed E-state index contributed by atoms with van der Waals surface area (Å²) in [7, 11) is -1.02. The highest BCUT2D eigenvalue weighted by Gasteiger charge is 2.12. The van der Waals surface area contributed by atoms with Gasteiger partial charge in [-0.15, -0.1) is 0 Å². The van der Waals surface area contributed by atoms with E-state index in [1.54, 1.807) is 29.7 Å². The zero-order chi connectivity index (χ0) is 8.55. The molecule has 1 atom stereocenters. The molecule has 62 valence electrons. The first kappa shape index (κ1) is 8.01. The van der Waals surface area contributed by atoms with Crippen LogP contribution in [-0.2, 0) is 10.8 Å². The maximum Gasteiger partial charge on any atom is 0.0812 e. The smallest absolute Gasteiger partial charge is 0.0812 e. The Balaban J connectivity index is 2.54. The second-order valence-corrected chi connectivity index (χ2v) is 4.31. The van der Waals surface area contributed by atoms with Crippen molar-refractivity contribution in [3.05, 3.63) is 29.2 Å². The van der Waals surface area contributed by atoms with Crippen molar-refractivity contribution in [3.8, 4) is 0 Å². The fourth-order valence-electron chi connectivity index (χ4n) is 1.10. The van der Waals surface area contributed by atoms with E-state index in [1.807, 2.05) is 0 Å². The molecule has 12 heavy (non-hydrogen) atoms. The number of hydrogen-bond donors (Lipinski definition) is 0. The van der Waals surface area contributed by atoms with E-state index in [0.29, 0.717) is 4.90 Å². The van der Waals surface area contributed by atoms with Crippen molar-refractivity contribution in [2.24, 2.45) is 0 Å². The summed E-state index contributed by atoms with van der Waals surface area (Å²) < 4.78 is 23.3. The van der Waals surface area contributed by atoms with E-state index in [0.717, 1.165) is 10.5 Å². The fourth-order valence-corrected chi connectivity index (χ4v) is 2.37.